The van der Waals surface area contributed by atoms with Crippen molar-refractivity contribution in [3.8, 4) is 0 Å². The van der Waals surface area contributed by atoms with E-state index in [0.29, 0.717) is 6.54 Å². The number of carbonyl (C=O) groups is 1. The largest absolute Gasteiger partial charge is 0.493 e. The Labute approximate surface area is 57.2 Å². The van der Waals surface area contributed by atoms with Gasteiger partial charge in [0.05, 0.1) is 6.54 Å². The van der Waals surface area contributed by atoms with Crippen molar-refractivity contribution < 1.29 is 9.90 Å². The number of primary amides is 1. The van der Waals surface area contributed by atoms with Gasteiger partial charge in [-0.15, -0.1) is 0 Å². The van der Waals surface area contributed by atoms with Gasteiger partial charge in [-0.2, -0.15) is 0 Å². The Balaban J connectivity index is 2.90. The van der Waals surface area contributed by atoms with Crippen molar-refractivity contribution in [1.82, 2.24) is 5.32 Å². The molecule has 5 nitrogen and oxygen atoms in total. The molecule has 0 unspecified atom stereocenters. The van der Waals surface area contributed by atoms with Crippen molar-refractivity contribution in [3.63, 3.8) is 0 Å². The molecular weight excluding hydrogens is 134 g/mol. The van der Waals surface area contributed by atoms with Crippen molar-refractivity contribution in [2.75, 3.05) is 6.54 Å². The predicted molar refractivity (Wildman–Crippen MR) is 35.3 cm³/mol. The minimum atomic E-state index is -0.735. The Bertz CT molecular complexity index is 219. The summed E-state index contributed by atoms with van der Waals surface area (Å²) in [5, 5.41) is 11.4. The zero-order valence-corrected chi connectivity index (χ0v) is 5.16. The van der Waals surface area contributed by atoms with Gasteiger partial charge in [0.25, 0.3) is 5.91 Å². The molecule has 10 heavy (non-hydrogen) atoms. The average Bonchev–Trinajstić information content (AvgIpc) is 1.88. The Hall–Kier alpha value is -1.52. The topological polar surface area (TPSA) is 87.7 Å². The van der Waals surface area contributed by atoms with Crippen LogP contribution in [0, 0.1) is 0 Å². The molecule has 0 bridgehead atoms. The second-order valence-corrected chi connectivity index (χ2v) is 1.75. The normalized spacial score (nSPS) is 16.8. The molecule has 0 fully saturated rings. The van der Waals surface area contributed by atoms with Gasteiger partial charge < -0.3 is 16.2 Å². The van der Waals surface area contributed by atoms with Crippen molar-refractivity contribution in [2.24, 2.45) is 10.7 Å². The third-order valence-corrected chi connectivity index (χ3v) is 1.04. The van der Waals surface area contributed by atoms with Gasteiger partial charge >= 0.3 is 0 Å². The molecule has 54 valence electrons. The summed E-state index contributed by atoms with van der Waals surface area (Å²) in [7, 11) is 0. The third kappa shape index (κ3) is 1.07. The lowest BCUT2D eigenvalue weighted by molar-refractivity contribution is -0.114. The van der Waals surface area contributed by atoms with Crippen LogP contribution in [0.5, 0.6) is 0 Å². The summed E-state index contributed by atoms with van der Waals surface area (Å²) in [5.74, 6) is -0.990. The fourth-order valence-electron chi connectivity index (χ4n) is 0.604. The number of aliphatic hydroxyl groups is 1. The van der Waals surface area contributed by atoms with Gasteiger partial charge in [0, 0.05) is 6.21 Å². The Morgan fingerprint density at radius 1 is 1.90 bits per heavy atom. The lowest BCUT2D eigenvalue weighted by Crippen LogP contribution is -2.26. The lowest BCUT2D eigenvalue weighted by atomic mass is 10.4. The van der Waals surface area contributed by atoms with Crippen LogP contribution in [0.1, 0.15) is 0 Å². The van der Waals surface area contributed by atoms with Gasteiger partial charge in [-0.3, -0.25) is 4.79 Å². The standard InChI is InChI=1S/C5H7N3O2/c6-4(9)3-5(10)8-2-1-7-3/h1,8,10H,2H2,(H2,6,9). The first-order chi connectivity index (χ1) is 4.72. The molecule has 1 aliphatic rings. The molecular formula is C5H7N3O2. The van der Waals surface area contributed by atoms with Crippen LogP contribution in [0.25, 0.3) is 0 Å². The highest BCUT2D eigenvalue weighted by molar-refractivity contribution is 5.94. The maximum absolute atomic E-state index is 10.4. The van der Waals surface area contributed by atoms with Crippen molar-refractivity contribution in [1.29, 1.82) is 0 Å². The van der Waals surface area contributed by atoms with Crippen LogP contribution in [0.15, 0.2) is 16.6 Å². The van der Waals surface area contributed by atoms with E-state index in [4.69, 9.17) is 10.8 Å². The molecule has 1 aliphatic heterocycles. The van der Waals surface area contributed by atoms with E-state index in [1.807, 2.05) is 0 Å². The first-order valence-electron chi connectivity index (χ1n) is 2.71. The number of aliphatic imine (C=N–C) groups is 1. The van der Waals surface area contributed by atoms with Gasteiger partial charge in [0.15, 0.2) is 5.70 Å². The molecule has 1 rings (SSSR count). The minimum absolute atomic E-state index is 0.119. The zero-order chi connectivity index (χ0) is 7.56. The number of rotatable bonds is 1. The summed E-state index contributed by atoms with van der Waals surface area (Å²) < 4.78 is 0. The Kier molecular flexibility index (Phi) is 1.57. The number of amides is 1. The summed E-state index contributed by atoms with van der Waals surface area (Å²) in [6, 6.07) is 0. The molecule has 1 heterocycles. The van der Waals surface area contributed by atoms with Gasteiger partial charge in [0.1, 0.15) is 0 Å². The zero-order valence-electron chi connectivity index (χ0n) is 5.16. The van der Waals surface area contributed by atoms with Gasteiger partial charge in [0.2, 0.25) is 5.88 Å². The predicted octanol–water partition coefficient (Wildman–Crippen LogP) is -1.13. The van der Waals surface area contributed by atoms with Crippen LogP contribution in [0.4, 0.5) is 0 Å². The summed E-state index contributed by atoms with van der Waals surface area (Å²) in [4.78, 5) is 14.0. The molecule has 1 amide bonds. The van der Waals surface area contributed by atoms with Crippen LogP contribution in [0.2, 0.25) is 0 Å². The number of hydrogen-bond acceptors (Lipinski definition) is 4. The Morgan fingerprint density at radius 3 is 3.00 bits per heavy atom. The van der Waals surface area contributed by atoms with E-state index in [9.17, 15) is 4.79 Å². The van der Waals surface area contributed by atoms with E-state index >= 15 is 0 Å². The van der Waals surface area contributed by atoms with E-state index in [1.54, 1.807) is 0 Å². The number of carbonyl (C=O) groups excluding carboxylic acids is 1. The van der Waals surface area contributed by atoms with Crippen molar-refractivity contribution >= 4 is 12.1 Å². The monoisotopic (exact) mass is 141 g/mol. The molecule has 0 saturated carbocycles. The second kappa shape index (κ2) is 2.38. The van der Waals surface area contributed by atoms with Gasteiger partial charge in [-0.25, -0.2) is 4.99 Å². The van der Waals surface area contributed by atoms with Gasteiger partial charge in [-0.05, 0) is 0 Å². The SMILES string of the molecule is NC(=O)C1=C(O)NCC=N1. The second-order valence-electron chi connectivity index (χ2n) is 1.75. The summed E-state index contributed by atoms with van der Waals surface area (Å²) >= 11 is 0. The minimum Gasteiger partial charge on any atom is -0.493 e. The number of nitrogens with two attached hydrogens (primary N) is 1. The first kappa shape index (κ1) is 6.60. The maximum atomic E-state index is 10.4. The summed E-state index contributed by atoms with van der Waals surface area (Å²) in [6.45, 7) is 0.419. The Morgan fingerprint density at radius 2 is 2.60 bits per heavy atom. The van der Waals surface area contributed by atoms with Crippen LogP contribution in [-0.2, 0) is 4.79 Å². The van der Waals surface area contributed by atoms with Crippen LogP contribution in [0.3, 0.4) is 0 Å². The highest BCUT2D eigenvalue weighted by atomic mass is 16.3. The van der Waals surface area contributed by atoms with Crippen LogP contribution in [-0.4, -0.2) is 23.8 Å². The fraction of sp³-hybridized carbons (Fsp3) is 0.200. The molecule has 4 N–H and O–H groups in total. The number of nitrogens with zero attached hydrogens (tertiary/aromatic N) is 1. The third-order valence-electron chi connectivity index (χ3n) is 1.04. The van der Waals surface area contributed by atoms with E-state index < -0.39 is 5.91 Å². The van der Waals surface area contributed by atoms with E-state index in [-0.39, 0.29) is 11.6 Å². The van der Waals surface area contributed by atoms with Crippen molar-refractivity contribution in [3.05, 3.63) is 11.6 Å². The van der Waals surface area contributed by atoms with E-state index in [1.165, 1.54) is 6.21 Å². The van der Waals surface area contributed by atoms with Crippen LogP contribution >= 0.6 is 0 Å². The highest BCUT2D eigenvalue weighted by Crippen LogP contribution is 2.01. The molecule has 0 aromatic carbocycles. The molecule has 0 saturated heterocycles. The summed E-state index contributed by atoms with van der Waals surface area (Å²) in [5.41, 5.74) is 4.73. The molecule has 0 spiro atoms. The van der Waals surface area contributed by atoms with Crippen LogP contribution < -0.4 is 11.1 Å². The van der Waals surface area contributed by atoms with Gasteiger partial charge in [-0.1, -0.05) is 0 Å². The van der Waals surface area contributed by atoms with E-state index in [0.717, 1.165) is 0 Å². The molecule has 0 radical (unpaired) electrons. The molecule has 0 aliphatic carbocycles. The maximum Gasteiger partial charge on any atom is 0.272 e. The number of aliphatic hydroxyl groups excluding tert-OH is 1. The molecule has 5 heteroatoms. The highest BCUT2D eigenvalue weighted by Gasteiger charge is 2.12. The average molecular weight is 141 g/mol. The van der Waals surface area contributed by atoms with E-state index in [2.05, 4.69) is 10.3 Å². The first-order valence-corrected chi connectivity index (χ1v) is 2.71. The molecule has 0 aromatic heterocycles. The van der Waals surface area contributed by atoms with Crippen molar-refractivity contribution in [2.45, 2.75) is 0 Å². The molecule has 0 aromatic rings. The smallest absolute Gasteiger partial charge is 0.272 e. The lowest BCUT2D eigenvalue weighted by Gasteiger charge is -2.08. The molecule has 0 atom stereocenters. The number of nitrogens with one attached hydrogen (secondary N) is 1. The summed E-state index contributed by atoms with van der Waals surface area (Å²) in [6.07, 6.45) is 1.46. The number of hydrogen-bond donors (Lipinski definition) is 3. The quantitative estimate of drug-likeness (QED) is 0.432. The fourth-order valence-corrected chi connectivity index (χ4v) is 0.604.